The lowest BCUT2D eigenvalue weighted by molar-refractivity contribution is 0.0705. The molecule has 1 fully saturated rings. The Hall–Kier alpha value is -1.40. The molecule has 1 aliphatic rings. The maximum Gasteiger partial charge on any atom is 0.228 e. The van der Waals surface area contributed by atoms with Crippen molar-refractivity contribution < 1.29 is 9.47 Å². The molecular formula is C14H24N4O2. The molecule has 2 heterocycles. The summed E-state index contributed by atoms with van der Waals surface area (Å²) < 4.78 is 11.0. The zero-order valence-corrected chi connectivity index (χ0v) is 12.3. The van der Waals surface area contributed by atoms with Gasteiger partial charge in [0.2, 0.25) is 11.8 Å². The highest BCUT2D eigenvalue weighted by Crippen LogP contribution is 2.24. The largest absolute Gasteiger partial charge is 0.478 e. The Morgan fingerprint density at radius 1 is 1.50 bits per heavy atom. The highest BCUT2D eigenvalue weighted by molar-refractivity contribution is 5.34. The third-order valence-electron chi connectivity index (χ3n) is 3.60. The van der Waals surface area contributed by atoms with Crippen molar-refractivity contribution in [1.29, 1.82) is 0 Å². The minimum absolute atomic E-state index is 0.218. The first-order chi connectivity index (χ1) is 9.78. The van der Waals surface area contributed by atoms with Crippen molar-refractivity contribution in [2.24, 2.45) is 5.73 Å². The molecule has 1 aromatic rings. The molecule has 0 bridgehead atoms. The smallest absolute Gasteiger partial charge is 0.228 e. The first kappa shape index (κ1) is 15.0. The third-order valence-corrected chi connectivity index (χ3v) is 3.60. The maximum absolute atomic E-state index is 5.88. The maximum atomic E-state index is 5.88. The Balaban J connectivity index is 2.09. The average molecular weight is 280 g/mol. The van der Waals surface area contributed by atoms with E-state index in [9.17, 15) is 0 Å². The zero-order valence-electron chi connectivity index (χ0n) is 12.3. The molecule has 6 heteroatoms. The third kappa shape index (κ3) is 3.58. The lowest BCUT2D eigenvalue weighted by atomic mass is 10.00. The van der Waals surface area contributed by atoms with Gasteiger partial charge in [0.1, 0.15) is 0 Å². The lowest BCUT2D eigenvalue weighted by Gasteiger charge is -2.38. The first-order valence-electron chi connectivity index (χ1n) is 7.23. The molecule has 20 heavy (non-hydrogen) atoms. The molecule has 112 valence electrons. The van der Waals surface area contributed by atoms with Crippen LogP contribution in [0.1, 0.15) is 26.2 Å². The van der Waals surface area contributed by atoms with Gasteiger partial charge in [0.05, 0.1) is 12.7 Å². The van der Waals surface area contributed by atoms with Crippen LogP contribution >= 0.6 is 0 Å². The van der Waals surface area contributed by atoms with Gasteiger partial charge in [-0.1, -0.05) is 6.92 Å². The van der Waals surface area contributed by atoms with E-state index in [4.69, 9.17) is 15.2 Å². The second-order valence-corrected chi connectivity index (χ2v) is 5.01. The molecule has 0 aromatic carbocycles. The summed E-state index contributed by atoms with van der Waals surface area (Å²) in [5.74, 6) is 1.32. The summed E-state index contributed by atoms with van der Waals surface area (Å²) in [7, 11) is 1.75. The van der Waals surface area contributed by atoms with Crippen molar-refractivity contribution in [3.05, 3.63) is 12.3 Å². The van der Waals surface area contributed by atoms with E-state index >= 15 is 0 Å². The molecule has 1 aliphatic heterocycles. The second kappa shape index (κ2) is 7.40. The fourth-order valence-electron chi connectivity index (χ4n) is 2.47. The SMILES string of the molecule is CCCOc1ccnc(N2CCC(OC)CC2CN)n1. The number of nitrogens with two attached hydrogens (primary N) is 1. The number of methoxy groups -OCH3 is 1. The molecule has 0 aliphatic carbocycles. The molecule has 2 unspecified atom stereocenters. The Morgan fingerprint density at radius 2 is 2.35 bits per heavy atom. The number of ether oxygens (including phenoxy) is 2. The van der Waals surface area contributed by atoms with Crippen molar-refractivity contribution in [2.45, 2.75) is 38.3 Å². The Bertz CT molecular complexity index is 416. The van der Waals surface area contributed by atoms with E-state index in [0.717, 1.165) is 25.8 Å². The molecule has 0 saturated carbocycles. The van der Waals surface area contributed by atoms with Gasteiger partial charge in [-0.3, -0.25) is 0 Å². The number of nitrogens with zero attached hydrogens (tertiary/aromatic N) is 3. The molecule has 0 spiro atoms. The topological polar surface area (TPSA) is 73.5 Å². The van der Waals surface area contributed by atoms with Crippen LogP contribution in [0.4, 0.5) is 5.95 Å². The van der Waals surface area contributed by atoms with Crippen LogP contribution in [0.25, 0.3) is 0 Å². The predicted molar refractivity (Wildman–Crippen MR) is 78.0 cm³/mol. The summed E-state index contributed by atoms with van der Waals surface area (Å²) in [6.07, 6.45) is 4.86. The summed E-state index contributed by atoms with van der Waals surface area (Å²) in [5.41, 5.74) is 5.88. The summed E-state index contributed by atoms with van der Waals surface area (Å²) in [4.78, 5) is 11.0. The Morgan fingerprint density at radius 3 is 3.05 bits per heavy atom. The van der Waals surface area contributed by atoms with E-state index in [-0.39, 0.29) is 12.1 Å². The highest BCUT2D eigenvalue weighted by atomic mass is 16.5. The van der Waals surface area contributed by atoms with Crippen LogP contribution in [0.15, 0.2) is 12.3 Å². The van der Waals surface area contributed by atoms with Gasteiger partial charge in [-0.05, 0) is 19.3 Å². The number of rotatable bonds is 6. The minimum atomic E-state index is 0.218. The fraction of sp³-hybridized carbons (Fsp3) is 0.714. The molecule has 6 nitrogen and oxygen atoms in total. The van der Waals surface area contributed by atoms with Gasteiger partial charge in [0.15, 0.2) is 0 Å². The number of hydrogen-bond donors (Lipinski definition) is 1. The van der Waals surface area contributed by atoms with E-state index in [1.165, 1.54) is 0 Å². The molecule has 1 saturated heterocycles. The molecule has 2 rings (SSSR count). The van der Waals surface area contributed by atoms with Crippen LogP contribution < -0.4 is 15.4 Å². The Kier molecular flexibility index (Phi) is 5.55. The molecular weight excluding hydrogens is 256 g/mol. The summed E-state index contributed by atoms with van der Waals surface area (Å²) in [6, 6.07) is 2.01. The number of anilines is 1. The predicted octanol–water partition coefficient (Wildman–Crippen LogP) is 1.21. The lowest BCUT2D eigenvalue weighted by Crippen LogP contribution is -2.49. The van der Waals surface area contributed by atoms with Gasteiger partial charge in [-0.15, -0.1) is 0 Å². The summed E-state index contributed by atoms with van der Waals surface area (Å²) in [5, 5.41) is 0. The van der Waals surface area contributed by atoms with Gasteiger partial charge in [-0.25, -0.2) is 4.98 Å². The van der Waals surface area contributed by atoms with Crippen LogP contribution in [-0.4, -0.2) is 48.9 Å². The van der Waals surface area contributed by atoms with Gasteiger partial charge >= 0.3 is 0 Å². The number of aromatic nitrogens is 2. The molecule has 1 aromatic heterocycles. The van der Waals surface area contributed by atoms with Gasteiger partial charge in [-0.2, -0.15) is 4.98 Å². The van der Waals surface area contributed by atoms with Gasteiger partial charge in [0, 0.05) is 38.5 Å². The van der Waals surface area contributed by atoms with Crippen LogP contribution in [0, 0.1) is 0 Å². The van der Waals surface area contributed by atoms with Gasteiger partial charge < -0.3 is 20.1 Å². The molecule has 2 atom stereocenters. The minimum Gasteiger partial charge on any atom is -0.478 e. The normalized spacial score (nSPS) is 22.9. The van der Waals surface area contributed by atoms with Crippen molar-refractivity contribution in [1.82, 2.24) is 9.97 Å². The van der Waals surface area contributed by atoms with Crippen LogP contribution in [0.5, 0.6) is 5.88 Å². The monoisotopic (exact) mass is 280 g/mol. The van der Waals surface area contributed by atoms with Crippen LogP contribution in [-0.2, 0) is 4.74 Å². The van der Waals surface area contributed by atoms with Crippen LogP contribution in [0.2, 0.25) is 0 Å². The van der Waals surface area contributed by atoms with Crippen molar-refractivity contribution in [3.8, 4) is 5.88 Å². The first-order valence-corrected chi connectivity index (χ1v) is 7.23. The number of hydrogen-bond acceptors (Lipinski definition) is 6. The van der Waals surface area contributed by atoms with Crippen molar-refractivity contribution in [2.75, 3.05) is 31.7 Å². The highest BCUT2D eigenvalue weighted by Gasteiger charge is 2.29. The van der Waals surface area contributed by atoms with E-state index in [0.29, 0.717) is 25.0 Å². The van der Waals surface area contributed by atoms with Crippen molar-refractivity contribution in [3.63, 3.8) is 0 Å². The summed E-state index contributed by atoms with van der Waals surface area (Å²) in [6.45, 7) is 4.17. The second-order valence-electron chi connectivity index (χ2n) is 5.01. The van der Waals surface area contributed by atoms with Crippen molar-refractivity contribution >= 4 is 5.95 Å². The Labute approximate surface area is 120 Å². The standard InChI is InChI=1S/C14H24N4O2/c1-3-8-20-13-4-6-16-14(17-13)18-7-5-12(19-2)9-11(18)10-15/h4,6,11-12H,3,5,7-10,15H2,1-2H3. The van der Waals surface area contributed by atoms with E-state index in [1.54, 1.807) is 19.4 Å². The van der Waals surface area contributed by atoms with E-state index in [1.807, 2.05) is 0 Å². The molecule has 2 N–H and O–H groups in total. The average Bonchev–Trinajstić information content (AvgIpc) is 2.52. The van der Waals surface area contributed by atoms with Gasteiger partial charge in [0.25, 0.3) is 0 Å². The molecule has 0 radical (unpaired) electrons. The van der Waals surface area contributed by atoms with E-state index < -0.39 is 0 Å². The summed E-state index contributed by atoms with van der Waals surface area (Å²) >= 11 is 0. The number of piperidine rings is 1. The van der Waals surface area contributed by atoms with E-state index in [2.05, 4.69) is 21.8 Å². The quantitative estimate of drug-likeness (QED) is 0.844. The van der Waals surface area contributed by atoms with Crippen LogP contribution in [0.3, 0.4) is 0 Å². The fourth-order valence-corrected chi connectivity index (χ4v) is 2.47. The zero-order chi connectivity index (χ0) is 14.4. The molecule has 0 amide bonds.